The van der Waals surface area contributed by atoms with Crippen LogP contribution < -0.4 is 11.1 Å². The van der Waals surface area contributed by atoms with Gasteiger partial charge in [0.1, 0.15) is 5.82 Å². The van der Waals surface area contributed by atoms with E-state index in [4.69, 9.17) is 5.73 Å². The van der Waals surface area contributed by atoms with Gasteiger partial charge in [0.15, 0.2) is 0 Å². The Bertz CT molecular complexity index is 486. The molecule has 0 saturated heterocycles. The first-order valence-corrected chi connectivity index (χ1v) is 7.40. The van der Waals surface area contributed by atoms with E-state index in [0.717, 1.165) is 18.1 Å². The fraction of sp³-hybridized carbons (Fsp3) is 0.562. The number of nitrogens with two attached hydrogens (primary N) is 1. The van der Waals surface area contributed by atoms with E-state index in [0.29, 0.717) is 6.54 Å². The normalized spacial score (nSPS) is 17.3. The van der Waals surface area contributed by atoms with Gasteiger partial charge in [-0.3, -0.25) is 4.99 Å². The van der Waals surface area contributed by atoms with Gasteiger partial charge in [-0.1, -0.05) is 26.3 Å². The summed E-state index contributed by atoms with van der Waals surface area (Å²) in [6, 6.07) is 0.0919. The first-order valence-electron chi connectivity index (χ1n) is 7.40. The second-order valence-corrected chi connectivity index (χ2v) is 5.36. The topological polar surface area (TPSA) is 66.2 Å². The van der Waals surface area contributed by atoms with Crippen LogP contribution in [0.5, 0.6) is 0 Å². The minimum atomic E-state index is 0. The summed E-state index contributed by atoms with van der Waals surface area (Å²) in [5, 5.41) is 3.35. The van der Waals surface area contributed by atoms with Crippen LogP contribution in [0.1, 0.15) is 46.7 Å². The van der Waals surface area contributed by atoms with Crippen LogP contribution in [0, 0.1) is 6.92 Å². The monoisotopic (exact) mass is 278 g/mol. The highest BCUT2D eigenvalue weighted by Gasteiger charge is 2.18. The number of hydrogen-bond donors (Lipinski definition) is 3. The summed E-state index contributed by atoms with van der Waals surface area (Å²) in [4.78, 5) is 7.91. The van der Waals surface area contributed by atoms with Crippen molar-refractivity contribution in [1.29, 1.82) is 0 Å². The minimum Gasteiger partial charge on any atom is -0.368 e. The number of aryl methyl sites for hydroxylation is 1. The molecule has 0 aromatic carbocycles. The summed E-state index contributed by atoms with van der Waals surface area (Å²) in [5.41, 5.74) is 10.4. The van der Waals surface area contributed by atoms with Crippen molar-refractivity contribution < 1.29 is 1.43 Å². The average molecular weight is 278 g/mol. The van der Waals surface area contributed by atoms with Gasteiger partial charge >= 0.3 is 0 Å². The first kappa shape index (κ1) is 16.5. The molecule has 1 aliphatic rings. The SMILES string of the molecule is CC1=CCNc2[nH]cc(C)c2C1=NC[C@@H](C)N.CCC.[HH]. The quantitative estimate of drug-likeness (QED) is 0.775. The highest BCUT2D eigenvalue weighted by atomic mass is 15.0. The maximum atomic E-state index is 5.78. The largest absolute Gasteiger partial charge is 0.368 e. The Labute approximate surface area is 124 Å². The van der Waals surface area contributed by atoms with Crippen molar-refractivity contribution in [3.05, 3.63) is 29.0 Å². The standard InChI is InChI=1S/C13H20N4.C3H8.H2/c1-8-4-5-15-13-11(9(2)6-17-13)12(8)16-7-10(3)14;1-3-2;/h4,6,10,15,17H,5,7,14H2,1-3H3;3H2,1-2H3;1H/t10-;;/m1../s1. The van der Waals surface area contributed by atoms with Gasteiger partial charge in [-0.15, -0.1) is 0 Å². The number of hydrogen-bond acceptors (Lipinski definition) is 3. The van der Waals surface area contributed by atoms with Crippen molar-refractivity contribution in [2.45, 2.75) is 47.1 Å². The molecule has 0 saturated carbocycles. The Morgan fingerprint density at radius 2 is 2.05 bits per heavy atom. The lowest BCUT2D eigenvalue weighted by Crippen LogP contribution is -2.20. The van der Waals surface area contributed by atoms with E-state index in [-0.39, 0.29) is 7.47 Å². The van der Waals surface area contributed by atoms with Gasteiger partial charge in [0.05, 0.1) is 12.3 Å². The van der Waals surface area contributed by atoms with Crippen molar-refractivity contribution in [3.63, 3.8) is 0 Å². The van der Waals surface area contributed by atoms with Crippen LogP contribution in [0.25, 0.3) is 0 Å². The molecule has 0 amide bonds. The van der Waals surface area contributed by atoms with Crippen molar-refractivity contribution in [3.8, 4) is 0 Å². The first-order chi connectivity index (χ1) is 9.51. The maximum absolute atomic E-state index is 5.78. The summed E-state index contributed by atoms with van der Waals surface area (Å²) in [5.74, 6) is 1.05. The second-order valence-electron chi connectivity index (χ2n) is 5.36. The molecule has 114 valence electrons. The Balaban J connectivity index is 0.000000922. The molecule has 0 radical (unpaired) electrons. The van der Waals surface area contributed by atoms with Gasteiger partial charge in [-0.05, 0) is 31.9 Å². The number of fused-ring (bicyclic) bond motifs is 1. The van der Waals surface area contributed by atoms with E-state index in [1.54, 1.807) is 0 Å². The van der Waals surface area contributed by atoms with Crippen LogP contribution in [0.15, 0.2) is 22.8 Å². The third-order valence-electron chi connectivity index (χ3n) is 2.91. The van der Waals surface area contributed by atoms with E-state index >= 15 is 0 Å². The van der Waals surface area contributed by atoms with E-state index in [1.165, 1.54) is 23.1 Å². The molecule has 0 fully saturated rings. The molecule has 1 atom stereocenters. The van der Waals surface area contributed by atoms with Crippen LogP contribution in [0.4, 0.5) is 5.82 Å². The molecule has 4 N–H and O–H groups in total. The van der Waals surface area contributed by atoms with Crippen molar-refractivity contribution >= 4 is 11.5 Å². The minimum absolute atomic E-state index is 0. The van der Waals surface area contributed by atoms with Crippen molar-refractivity contribution in [1.82, 2.24) is 4.98 Å². The van der Waals surface area contributed by atoms with Crippen LogP contribution in [0.2, 0.25) is 0 Å². The number of H-pyrrole nitrogens is 1. The van der Waals surface area contributed by atoms with Gasteiger partial charge in [-0.25, -0.2) is 0 Å². The zero-order valence-corrected chi connectivity index (χ0v) is 13.4. The van der Waals surface area contributed by atoms with Crippen LogP contribution in [-0.4, -0.2) is 29.8 Å². The molecule has 4 heteroatoms. The summed E-state index contributed by atoms with van der Waals surface area (Å²) in [6.07, 6.45) is 5.42. The number of allylic oxidation sites excluding steroid dienone is 1. The van der Waals surface area contributed by atoms with Gasteiger partial charge in [-0.2, -0.15) is 0 Å². The predicted octanol–water partition coefficient (Wildman–Crippen LogP) is 3.49. The molecule has 4 nitrogen and oxygen atoms in total. The molecule has 20 heavy (non-hydrogen) atoms. The zero-order chi connectivity index (χ0) is 15.1. The van der Waals surface area contributed by atoms with Gasteiger partial charge in [0.25, 0.3) is 0 Å². The number of aromatic nitrogens is 1. The molecule has 1 aliphatic heterocycles. The van der Waals surface area contributed by atoms with Crippen LogP contribution >= 0.6 is 0 Å². The lowest BCUT2D eigenvalue weighted by Gasteiger charge is -2.08. The van der Waals surface area contributed by atoms with E-state index in [9.17, 15) is 0 Å². The number of aromatic amines is 1. The summed E-state index contributed by atoms with van der Waals surface area (Å²) in [7, 11) is 0. The molecule has 0 aliphatic carbocycles. The zero-order valence-electron chi connectivity index (χ0n) is 13.4. The lowest BCUT2D eigenvalue weighted by molar-refractivity contribution is 0.754. The summed E-state index contributed by atoms with van der Waals surface area (Å²) in [6.45, 7) is 11.9. The Morgan fingerprint density at radius 1 is 1.40 bits per heavy atom. The fourth-order valence-electron chi connectivity index (χ4n) is 2.01. The average Bonchev–Trinajstić information content (AvgIpc) is 2.65. The number of rotatable bonds is 2. The number of nitrogens with zero attached hydrogens (tertiary/aromatic N) is 1. The van der Waals surface area contributed by atoms with E-state index in [1.807, 2.05) is 13.1 Å². The third-order valence-corrected chi connectivity index (χ3v) is 2.91. The highest BCUT2D eigenvalue weighted by molar-refractivity contribution is 6.16. The van der Waals surface area contributed by atoms with Crippen molar-refractivity contribution in [2.75, 3.05) is 18.4 Å². The molecular weight excluding hydrogens is 248 g/mol. The van der Waals surface area contributed by atoms with Gasteiger partial charge < -0.3 is 16.0 Å². The fourth-order valence-corrected chi connectivity index (χ4v) is 2.01. The summed E-state index contributed by atoms with van der Waals surface area (Å²) >= 11 is 0. The Morgan fingerprint density at radius 3 is 2.65 bits per heavy atom. The van der Waals surface area contributed by atoms with Crippen LogP contribution in [0.3, 0.4) is 0 Å². The highest BCUT2D eigenvalue weighted by Crippen LogP contribution is 2.24. The number of anilines is 1. The molecule has 2 rings (SSSR count). The summed E-state index contributed by atoms with van der Waals surface area (Å²) < 4.78 is 0. The molecule has 1 aromatic rings. The van der Waals surface area contributed by atoms with E-state index < -0.39 is 0 Å². The van der Waals surface area contributed by atoms with Crippen molar-refractivity contribution in [2.24, 2.45) is 10.7 Å². The van der Waals surface area contributed by atoms with E-state index in [2.05, 4.69) is 49.1 Å². The number of nitrogens with one attached hydrogen (secondary N) is 2. The molecule has 0 bridgehead atoms. The third kappa shape index (κ3) is 4.23. The number of aliphatic imine (C=N–C) groups is 1. The van der Waals surface area contributed by atoms with Gasteiger partial charge in [0.2, 0.25) is 0 Å². The molecule has 0 unspecified atom stereocenters. The lowest BCUT2D eigenvalue weighted by atomic mass is 10.0. The Kier molecular flexibility index (Phi) is 6.52. The molecule has 1 aromatic heterocycles. The maximum Gasteiger partial charge on any atom is 0.113 e. The second kappa shape index (κ2) is 7.90. The van der Waals surface area contributed by atoms with Gasteiger partial charge in [0, 0.05) is 25.8 Å². The van der Waals surface area contributed by atoms with Crippen LogP contribution in [-0.2, 0) is 0 Å². The Hall–Kier alpha value is -1.55. The smallest absolute Gasteiger partial charge is 0.113 e. The molecular formula is C16H30N4. The predicted molar refractivity (Wildman–Crippen MR) is 90.9 cm³/mol. The molecule has 0 spiro atoms. The molecule has 2 heterocycles.